The van der Waals surface area contributed by atoms with Gasteiger partial charge in [0, 0.05) is 0 Å². The Labute approximate surface area is 165 Å². The fraction of sp³-hybridized carbons (Fsp3) is 0. The molecule has 22 heteroatoms. The first-order valence-corrected chi connectivity index (χ1v) is 2.74. The second-order valence-corrected chi connectivity index (χ2v) is 1.12. The maximum atomic E-state index is 8.25. The summed E-state index contributed by atoms with van der Waals surface area (Å²) in [5.74, 6) is 0. The van der Waals surface area contributed by atoms with Crippen molar-refractivity contribution in [1.29, 1.82) is 0 Å². The summed E-state index contributed by atoms with van der Waals surface area (Å²) in [5.41, 5.74) is 0. The largest absolute Gasteiger partial charge is 3.00 e. The monoisotopic (exact) mass is 475 g/mol. The van der Waals surface area contributed by atoms with Gasteiger partial charge in [-0.2, -0.15) is 0 Å². The van der Waals surface area contributed by atoms with Crippen molar-refractivity contribution in [2.24, 2.45) is 0 Å². The molecule has 0 spiro atoms. The van der Waals surface area contributed by atoms with E-state index >= 15 is 0 Å². The molecule has 0 aromatic heterocycles. The molecule has 0 aromatic carbocycles. The van der Waals surface area contributed by atoms with E-state index in [1.165, 1.54) is 0 Å². The Morgan fingerprint density at radius 1 is 0.364 bits per heavy atom. The second-order valence-electron chi connectivity index (χ2n) is 1.12. The number of rotatable bonds is 0. The molecule has 0 aromatic rings. The predicted molar refractivity (Wildman–Crippen MR) is 57.6 cm³/mol. The SMILES string of the molecule is O=[N+]([O-])[O-].O=[N+]([O-])[O-].O=[N+]([O-])[O-].O=[N+]([O-])[O-].O=[N+]([O-])[O-].[Mg+2].[Pr+3]. The normalized spacial score (nSPS) is 5.45. The molecule has 0 N–H and O–H groups in total. The van der Waals surface area contributed by atoms with Gasteiger partial charge >= 0.3 is 64.3 Å². The van der Waals surface area contributed by atoms with Crippen LogP contribution in [0.2, 0.25) is 0 Å². The van der Waals surface area contributed by atoms with Crippen LogP contribution < -0.4 is 0 Å². The van der Waals surface area contributed by atoms with E-state index in [2.05, 4.69) is 0 Å². The van der Waals surface area contributed by atoms with Crippen molar-refractivity contribution in [1.82, 2.24) is 0 Å². The van der Waals surface area contributed by atoms with Gasteiger partial charge in [-0.05, 0) is 0 Å². The predicted octanol–water partition coefficient (Wildman–Crippen LogP) is -1.58. The van der Waals surface area contributed by atoms with Crippen LogP contribution in [0.5, 0.6) is 0 Å². The summed E-state index contributed by atoms with van der Waals surface area (Å²) >= 11 is 0. The molecule has 0 saturated carbocycles. The average molecular weight is 475 g/mol. The molecule has 0 rings (SSSR count). The molecule has 22 heavy (non-hydrogen) atoms. The molecule has 0 atom stereocenters. The molecule has 0 heterocycles. The van der Waals surface area contributed by atoms with E-state index in [1.54, 1.807) is 0 Å². The Bertz CT molecular complexity index is 213. The molecule has 0 aliphatic heterocycles. The van der Waals surface area contributed by atoms with Gasteiger partial charge in [0.1, 0.15) is 0 Å². The molecule has 0 radical (unpaired) electrons. The third-order valence-corrected chi connectivity index (χ3v) is 0. The van der Waals surface area contributed by atoms with Gasteiger partial charge < -0.3 is 76.6 Å². The van der Waals surface area contributed by atoms with Crippen molar-refractivity contribution in [2.75, 3.05) is 0 Å². The quantitative estimate of drug-likeness (QED) is 0.217. The zero-order chi connectivity index (χ0) is 17.9. The van der Waals surface area contributed by atoms with E-state index in [9.17, 15) is 0 Å². The zero-order valence-corrected chi connectivity index (χ0v) is 14.8. The van der Waals surface area contributed by atoms with Crippen LogP contribution in [0, 0.1) is 118 Å². The smallest absolute Gasteiger partial charge is 0.356 e. The van der Waals surface area contributed by atoms with Crippen molar-refractivity contribution in [3.8, 4) is 0 Å². The van der Waals surface area contributed by atoms with Crippen molar-refractivity contribution in [3.63, 3.8) is 0 Å². The third-order valence-electron chi connectivity index (χ3n) is 0. The number of hydrogen-bond donors (Lipinski definition) is 0. The van der Waals surface area contributed by atoms with Gasteiger partial charge in [-0.3, -0.25) is 0 Å². The van der Waals surface area contributed by atoms with Crippen molar-refractivity contribution in [3.05, 3.63) is 76.6 Å². The van der Waals surface area contributed by atoms with Crippen LogP contribution in [-0.4, -0.2) is 48.5 Å². The van der Waals surface area contributed by atoms with Crippen molar-refractivity contribution in [2.45, 2.75) is 0 Å². The first-order chi connectivity index (χ1) is 8.66. The molecule has 0 bridgehead atoms. The van der Waals surface area contributed by atoms with Gasteiger partial charge in [0.25, 0.3) is 0 Å². The summed E-state index contributed by atoms with van der Waals surface area (Å²) in [6.45, 7) is 0. The molecular weight excluding hydrogens is 475 g/mol. The van der Waals surface area contributed by atoms with Crippen molar-refractivity contribution < 1.29 is 66.7 Å². The minimum Gasteiger partial charge on any atom is -0.356 e. The van der Waals surface area contributed by atoms with Crippen LogP contribution in [0.1, 0.15) is 0 Å². The summed E-state index contributed by atoms with van der Waals surface area (Å²) < 4.78 is 0. The topological polar surface area (TPSA) is 331 Å². The Kier molecular flexibility index (Phi) is 70.8. The summed E-state index contributed by atoms with van der Waals surface area (Å²) in [4.78, 5) is 41.2. The van der Waals surface area contributed by atoms with Crippen LogP contribution in [-0.2, 0) is 0 Å². The van der Waals surface area contributed by atoms with E-state index < -0.39 is 25.4 Å². The molecule has 20 nitrogen and oxygen atoms in total. The van der Waals surface area contributed by atoms with Crippen LogP contribution >= 0.6 is 0 Å². The van der Waals surface area contributed by atoms with Gasteiger partial charge in [-0.25, -0.2) is 0 Å². The van der Waals surface area contributed by atoms with Gasteiger partial charge in [0.15, 0.2) is 0 Å². The van der Waals surface area contributed by atoms with Crippen LogP contribution in [0.25, 0.3) is 0 Å². The van der Waals surface area contributed by atoms with E-state index in [4.69, 9.17) is 76.6 Å². The fourth-order valence-electron chi connectivity index (χ4n) is 0. The molecule has 0 aliphatic rings. The number of hydrogen-bond acceptors (Lipinski definition) is 15. The van der Waals surface area contributed by atoms with Gasteiger partial charge in [-0.15, -0.1) is 0 Å². The Morgan fingerprint density at radius 3 is 0.364 bits per heavy atom. The average Bonchev–Trinajstić information content (AvgIpc) is 1.94. The Balaban J connectivity index is -0.0000000250. The molecule has 0 saturated heterocycles. The maximum absolute atomic E-state index is 8.25. The second kappa shape index (κ2) is 36.5. The summed E-state index contributed by atoms with van der Waals surface area (Å²) in [7, 11) is 0. The van der Waals surface area contributed by atoms with E-state index in [0.29, 0.717) is 0 Å². The van der Waals surface area contributed by atoms with Gasteiger partial charge in [0.05, 0.1) is 25.4 Å². The minimum atomic E-state index is -1.75. The van der Waals surface area contributed by atoms with Crippen LogP contribution in [0.15, 0.2) is 0 Å². The molecule has 120 valence electrons. The summed E-state index contributed by atoms with van der Waals surface area (Å²) in [5, 5.41) is 73.8. The molecule has 0 aliphatic carbocycles. The van der Waals surface area contributed by atoms with Crippen LogP contribution in [0.4, 0.5) is 0 Å². The molecule has 0 unspecified atom stereocenters. The Morgan fingerprint density at radius 2 is 0.364 bits per heavy atom. The van der Waals surface area contributed by atoms with Gasteiger partial charge in [0.2, 0.25) is 0 Å². The van der Waals surface area contributed by atoms with E-state index in [-0.39, 0.29) is 64.3 Å². The molecule has 0 amide bonds. The maximum Gasteiger partial charge on any atom is 3.00 e. The first-order valence-electron chi connectivity index (χ1n) is 2.74. The van der Waals surface area contributed by atoms with Gasteiger partial charge in [-0.1, -0.05) is 0 Å². The summed E-state index contributed by atoms with van der Waals surface area (Å²) in [6, 6.07) is 0. The Hall–Kier alpha value is -1.87. The van der Waals surface area contributed by atoms with E-state index in [0.717, 1.165) is 0 Å². The number of nitrogens with zero attached hydrogens (tertiary/aromatic N) is 5. The minimum absolute atomic E-state index is 0. The van der Waals surface area contributed by atoms with E-state index in [1.807, 2.05) is 0 Å². The fourth-order valence-corrected chi connectivity index (χ4v) is 0. The standard InChI is InChI=1S/Mg.5NO3.Pr/c;5*2-1(3)4;/q+2;5*-1;+3. The molecule has 0 fully saturated rings. The molecular formula is MgN5O15Pr. The zero-order valence-electron chi connectivity index (χ0n) is 9.64. The van der Waals surface area contributed by atoms with Crippen LogP contribution in [0.3, 0.4) is 0 Å². The first kappa shape index (κ1) is 42.7. The van der Waals surface area contributed by atoms with Crippen molar-refractivity contribution >= 4 is 23.1 Å². The summed E-state index contributed by atoms with van der Waals surface area (Å²) in [6.07, 6.45) is 0. The third kappa shape index (κ3) is 1520.